The predicted octanol–water partition coefficient (Wildman–Crippen LogP) is 1.37. The number of fused-ring (bicyclic) bond motifs is 1. The molecule has 3 rings (SSSR count). The van der Waals surface area contributed by atoms with Crippen LogP contribution < -0.4 is 16.0 Å². The largest absolute Gasteiger partial charge is 0.325 e. The monoisotopic (exact) mass is 309 g/mol. The molecule has 1 aromatic rings. The Morgan fingerprint density at radius 2 is 2.30 bits per heavy atom. The molecule has 7 heteroatoms. The molecule has 3 N–H and O–H groups in total. The van der Waals surface area contributed by atoms with Crippen LogP contribution in [0.15, 0.2) is 23.1 Å². The van der Waals surface area contributed by atoms with E-state index in [4.69, 9.17) is 0 Å². The first-order chi connectivity index (χ1) is 9.72. The SMILES string of the molecule is O=C1CSc2ccc(NC(=O)C3CSCCN3)cc2N1. The number of thioether (sulfide) groups is 2. The summed E-state index contributed by atoms with van der Waals surface area (Å²) in [6.07, 6.45) is 0. The molecule has 2 heterocycles. The molecule has 1 atom stereocenters. The van der Waals surface area contributed by atoms with Gasteiger partial charge in [-0.3, -0.25) is 9.59 Å². The Hall–Kier alpha value is -1.18. The van der Waals surface area contributed by atoms with Gasteiger partial charge in [0, 0.05) is 28.6 Å². The van der Waals surface area contributed by atoms with Crippen molar-refractivity contribution < 1.29 is 9.59 Å². The maximum atomic E-state index is 12.1. The fraction of sp³-hybridized carbons (Fsp3) is 0.385. The van der Waals surface area contributed by atoms with E-state index >= 15 is 0 Å². The van der Waals surface area contributed by atoms with Gasteiger partial charge in [0.05, 0.1) is 17.5 Å². The van der Waals surface area contributed by atoms with Crippen LogP contribution in [0.4, 0.5) is 11.4 Å². The third-order valence-electron chi connectivity index (χ3n) is 3.12. The summed E-state index contributed by atoms with van der Waals surface area (Å²) < 4.78 is 0. The quantitative estimate of drug-likeness (QED) is 0.770. The van der Waals surface area contributed by atoms with Gasteiger partial charge in [-0.05, 0) is 18.2 Å². The van der Waals surface area contributed by atoms with Crippen LogP contribution in [0.5, 0.6) is 0 Å². The summed E-state index contributed by atoms with van der Waals surface area (Å²) in [4.78, 5) is 24.5. The molecule has 106 valence electrons. The summed E-state index contributed by atoms with van der Waals surface area (Å²) >= 11 is 3.29. The van der Waals surface area contributed by atoms with Crippen molar-refractivity contribution in [2.75, 3.05) is 34.4 Å². The van der Waals surface area contributed by atoms with Crippen molar-refractivity contribution in [3.8, 4) is 0 Å². The van der Waals surface area contributed by atoms with Gasteiger partial charge in [0.1, 0.15) is 0 Å². The first kappa shape index (κ1) is 13.8. The fourth-order valence-corrected chi connectivity index (χ4v) is 3.85. The van der Waals surface area contributed by atoms with Crippen molar-refractivity contribution in [3.05, 3.63) is 18.2 Å². The molecule has 0 aromatic heterocycles. The summed E-state index contributed by atoms with van der Waals surface area (Å²) in [7, 11) is 0. The van der Waals surface area contributed by atoms with Gasteiger partial charge < -0.3 is 16.0 Å². The van der Waals surface area contributed by atoms with E-state index in [9.17, 15) is 9.59 Å². The topological polar surface area (TPSA) is 70.2 Å². The number of hydrogen-bond donors (Lipinski definition) is 3. The highest BCUT2D eigenvalue weighted by Gasteiger charge is 2.21. The summed E-state index contributed by atoms with van der Waals surface area (Å²) in [6.45, 7) is 0.861. The predicted molar refractivity (Wildman–Crippen MR) is 83.5 cm³/mol. The van der Waals surface area contributed by atoms with Gasteiger partial charge in [-0.1, -0.05) is 0 Å². The zero-order valence-corrected chi connectivity index (χ0v) is 12.4. The average molecular weight is 309 g/mol. The smallest absolute Gasteiger partial charge is 0.242 e. The Kier molecular flexibility index (Phi) is 4.18. The molecule has 0 aliphatic carbocycles. The van der Waals surface area contributed by atoms with Gasteiger partial charge >= 0.3 is 0 Å². The van der Waals surface area contributed by atoms with Crippen molar-refractivity contribution in [1.29, 1.82) is 0 Å². The lowest BCUT2D eigenvalue weighted by Crippen LogP contribution is -2.46. The highest BCUT2D eigenvalue weighted by Crippen LogP contribution is 2.33. The Bertz CT molecular complexity index is 544. The molecule has 1 unspecified atom stereocenters. The molecule has 0 saturated carbocycles. The van der Waals surface area contributed by atoms with Crippen LogP contribution >= 0.6 is 23.5 Å². The molecule has 1 saturated heterocycles. The zero-order valence-electron chi connectivity index (χ0n) is 10.8. The van der Waals surface area contributed by atoms with Crippen LogP contribution in [-0.4, -0.2) is 41.7 Å². The second-order valence-corrected chi connectivity index (χ2v) is 6.79. The van der Waals surface area contributed by atoms with Crippen molar-refractivity contribution in [1.82, 2.24) is 5.32 Å². The maximum absolute atomic E-state index is 12.1. The van der Waals surface area contributed by atoms with E-state index in [0.29, 0.717) is 11.4 Å². The van der Waals surface area contributed by atoms with Gasteiger partial charge in [0.15, 0.2) is 0 Å². The standard InChI is InChI=1S/C13H15N3O2S2/c17-12-7-20-11-2-1-8(5-9(11)16-12)15-13(18)10-6-19-4-3-14-10/h1-2,5,10,14H,3-4,6-7H2,(H,15,18)(H,16,17). The lowest BCUT2D eigenvalue weighted by molar-refractivity contribution is -0.117. The van der Waals surface area contributed by atoms with E-state index < -0.39 is 0 Å². The third-order valence-corrected chi connectivity index (χ3v) is 5.25. The van der Waals surface area contributed by atoms with Crippen molar-refractivity contribution in [2.45, 2.75) is 10.9 Å². The second kappa shape index (κ2) is 6.07. The molecule has 1 aromatic carbocycles. The first-order valence-corrected chi connectivity index (χ1v) is 8.55. The Morgan fingerprint density at radius 1 is 1.40 bits per heavy atom. The van der Waals surface area contributed by atoms with E-state index in [2.05, 4.69) is 16.0 Å². The van der Waals surface area contributed by atoms with Gasteiger partial charge in [0.2, 0.25) is 11.8 Å². The zero-order chi connectivity index (χ0) is 13.9. The van der Waals surface area contributed by atoms with E-state index in [1.165, 1.54) is 11.8 Å². The summed E-state index contributed by atoms with van der Waals surface area (Å²) in [5, 5.41) is 8.93. The number of hydrogen-bond acceptors (Lipinski definition) is 5. The number of rotatable bonds is 2. The van der Waals surface area contributed by atoms with Crippen molar-refractivity contribution in [2.24, 2.45) is 0 Å². The second-order valence-electron chi connectivity index (χ2n) is 4.62. The molecule has 0 bridgehead atoms. The molecule has 20 heavy (non-hydrogen) atoms. The Morgan fingerprint density at radius 3 is 3.10 bits per heavy atom. The van der Waals surface area contributed by atoms with Gasteiger partial charge in [0.25, 0.3) is 0 Å². The van der Waals surface area contributed by atoms with E-state index in [0.717, 1.165) is 28.6 Å². The molecule has 0 spiro atoms. The van der Waals surface area contributed by atoms with Gasteiger partial charge in [-0.25, -0.2) is 0 Å². The highest BCUT2D eigenvalue weighted by molar-refractivity contribution is 8.00. The average Bonchev–Trinajstić information content (AvgIpc) is 2.47. The van der Waals surface area contributed by atoms with Crippen LogP contribution in [0, 0.1) is 0 Å². The van der Waals surface area contributed by atoms with Crippen LogP contribution in [-0.2, 0) is 9.59 Å². The number of anilines is 2. The molecular formula is C13H15N3O2S2. The minimum absolute atomic E-state index is 0.00340. The van der Waals surface area contributed by atoms with E-state index in [1.807, 2.05) is 18.2 Å². The fourth-order valence-electron chi connectivity index (χ4n) is 2.12. The highest BCUT2D eigenvalue weighted by atomic mass is 32.2. The van der Waals surface area contributed by atoms with Gasteiger partial charge in [-0.15, -0.1) is 11.8 Å². The molecule has 1 fully saturated rings. The maximum Gasteiger partial charge on any atom is 0.242 e. The molecule has 0 radical (unpaired) electrons. The number of carbonyl (C=O) groups excluding carboxylic acids is 2. The van der Waals surface area contributed by atoms with E-state index in [-0.39, 0.29) is 17.9 Å². The summed E-state index contributed by atoms with van der Waals surface area (Å²) in [6, 6.07) is 5.47. The molecule has 2 aliphatic rings. The summed E-state index contributed by atoms with van der Waals surface area (Å²) in [5.74, 6) is 2.26. The Balaban J connectivity index is 1.69. The van der Waals surface area contributed by atoms with Crippen molar-refractivity contribution >= 4 is 46.7 Å². The molecule has 5 nitrogen and oxygen atoms in total. The molecular weight excluding hydrogens is 294 g/mol. The van der Waals surface area contributed by atoms with Crippen LogP contribution in [0.1, 0.15) is 0 Å². The lowest BCUT2D eigenvalue weighted by atomic mass is 10.2. The normalized spacial score (nSPS) is 21.8. The molecule has 2 amide bonds. The van der Waals surface area contributed by atoms with Crippen LogP contribution in [0.2, 0.25) is 0 Å². The minimum atomic E-state index is -0.145. The number of benzene rings is 1. The van der Waals surface area contributed by atoms with E-state index in [1.54, 1.807) is 11.8 Å². The number of carbonyl (C=O) groups is 2. The number of nitrogens with one attached hydrogen (secondary N) is 3. The first-order valence-electron chi connectivity index (χ1n) is 6.41. The third kappa shape index (κ3) is 3.11. The number of amides is 2. The Labute approximate surface area is 125 Å². The van der Waals surface area contributed by atoms with Crippen LogP contribution in [0.3, 0.4) is 0 Å². The van der Waals surface area contributed by atoms with Crippen LogP contribution in [0.25, 0.3) is 0 Å². The lowest BCUT2D eigenvalue weighted by Gasteiger charge is -2.23. The van der Waals surface area contributed by atoms with Crippen molar-refractivity contribution in [3.63, 3.8) is 0 Å². The molecule has 2 aliphatic heterocycles. The minimum Gasteiger partial charge on any atom is -0.325 e. The van der Waals surface area contributed by atoms with Gasteiger partial charge in [-0.2, -0.15) is 11.8 Å². The summed E-state index contributed by atoms with van der Waals surface area (Å²) in [5.41, 5.74) is 1.49.